The van der Waals surface area contributed by atoms with E-state index in [1.807, 2.05) is 0 Å². The van der Waals surface area contributed by atoms with Crippen molar-refractivity contribution in [1.82, 2.24) is 9.80 Å². The van der Waals surface area contributed by atoms with Crippen molar-refractivity contribution in [3.8, 4) is 0 Å². The summed E-state index contributed by atoms with van der Waals surface area (Å²) in [5.41, 5.74) is 0.732. The van der Waals surface area contributed by atoms with Gasteiger partial charge in [0.1, 0.15) is 0 Å². The highest BCUT2D eigenvalue weighted by Gasteiger charge is 2.58. The van der Waals surface area contributed by atoms with Crippen LogP contribution in [0.2, 0.25) is 0 Å². The summed E-state index contributed by atoms with van der Waals surface area (Å²) >= 11 is 0. The molecule has 2 nitrogen and oxygen atoms in total. The van der Waals surface area contributed by atoms with Gasteiger partial charge in [-0.15, -0.1) is 0 Å². The van der Waals surface area contributed by atoms with Gasteiger partial charge in [-0.1, -0.05) is 0 Å². The van der Waals surface area contributed by atoms with Crippen molar-refractivity contribution in [2.75, 3.05) is 13.1 Å². The molecule has 0 radical (unpaired) electrons. The molecule has 2 rings (SSSR count). The van der Waals surface area contributed by atoms with Gasteiger partial charge < -0.3 is 0 Å². The van der Waals surface area contributed by atoms with Crippen LogP contribution in [0, 0.1) is 0 Å². The van der Waals surface area contributed by atoms with Crippen LogP contribution in [-0.2, 0) is 0 Å². The molecule has 0 aliphatic carbocycles. The molecule has 82 valence electrons. The van der Waals surface area contributed by atoms with Crippen LogP contribution in [0.3, 0.4) is 0 Å². The maximum Gasteiger partial charge on any atom is 0.0401 e. The third-order valence-corrected chi connectivity index (χ3v) is 3.61. The predicted molar refractivity (Wildman–Crippen MR) is 60.5 cm³/mol. The molecule has 0 amide bonds. The highest BCUT2D eigenvalue weighted by molar-refractivity contribution is 5.15. The Bertz CT molecular complexity index is 210. The summed E-state index contributed by atoms with van der Waals surface area (Å²) < 4.78 is 0. The first-order valence-electron chi connectivity index (χ1n) is 5.75. The van der Waals surface area contributed by atoms with E-state index in [4.69, 9.17) is 0 Å². The van der Waals surface area contributed by atoms with E-state index in [0.717, 1.165) is 12.1 Å². The van der Waals surface area contributed by atoms with Crippen molar-refractivity contribution in [2.24, 2.45) is 0 Å². The molecule has 2 fully saturated rings. The lowest BCUT2D eigenvalue weighted by Gasteiger charge is -2.36. The zero-order chi connectivity index (χ0) is 10.7. The second kappa shape index (κ2) is 2.73. The number of hydrogen-bond acceptors (Lipinski definition) is 2. The van der Waals surface area contributed by atoms with Gasteiger partial charge in [-0.2, -0.15) is 0 Å². The molecule has 2 aliphatic heterocycles. The lowest BCUT2D eigenvalue weighted by Crippen LogP contribution is -2.45. The second-order valence-corrected chi connectivity index (χ2v) is 6.79. The molecule has 14 heavy (non-hydrogen) atoms. The average Bonchev–Trinajstić information content (AvgIpc) is 2.46. The number of nitrogens with zero attached hydrogens (tertiary/aromatic N) is 2. The van der Waals surface area contributed by atoms with Crippen molar-refractivity contribution >= 4 is 0 Å². The molecule has 1 unspecified atom stereocenters. The Hall–Kier alpha value is -0.0800. The summed E-state index contributed by atoms with van der Waals surface area (Å²) in [6.45, 7) is 16.5. The molecule has 0 aromatic heterocycles. The van der Waals surface area contributed by atoms with Gasteiger partial charge in [-0.3, -0.25) is 9.80 Å². The van der Waals surface area contributed by atoms with Gasteiger partial charge in [-0.05, 0) is 41.5 Å². The number of piperazine rings is 1. The molecule has 2 saturated heterocycles. The van der Waals surface area contributed by atoms with E-state index >= 15 is 0 Å². The number of likely N-dealkylation sites (tertiary alicyclic amines) is 1. The predicted octanol–water partition coefficient (Wildman–Crippen LogP) is 1.95. The molecule has 3 atom stereocenters. The first-order valence-corrected chi connectivity index (χ1v) is 5.75. The second-order valence-electron chi connectivity index (χ2n) is 6.79. The largest absolute Gasteiger partial charge is 0.295 e. The van der Waals surface area contributed by atoms with Crippen LogP contribution < -0.4 is 0 Å². The normalized spacial score (nSPS) is 38.6. The SMILES string of the molecule is CC(C)(C)N1C[C@@H]2[C@H](C1)N2C(C)(C)C. The highest BCUT2D eigenvalue weighted by atomic mass is 15.5. The number of hydrogen-bond donors (Lipinski definition) is 0. The van der Waals surface area contributed by atoms with Gasteiger partial charge in [0.15, 0.2) is 0 Å². The van der Waals surface area contributed by atoms with Crippen molar-refractivity contribution in [2.45, 2.75) is 64.7 Å². The topological polar surface area (TPSA) is 6.25 Å². The van der Waals surface area contributed by atoms with Crippen LogP contribution in [-0.4, -0.2) is 46.1 Å². The van der Waals surface area contributed by atoms with Gasteiger partial charge in [0, 0.05) is 36.3 Å². The third-order valence-electron chi connectivity index (χ3n) is 3.61. The molecule has 0 N–H and O–H groups in total. The smallest absolute Gasteiger partial charge is 0.0401 e. The van der Waals surface area contributed by atoms with E-state index in [1.165, 1.54) is 13.1 Å². The Balaban J connectivity index is 1.94. The van der Waals surface area contributed by atoms with Crippen LogP contribution >= 0.6 is 0 Å². The van der Waals surface area contributed by atoms with E-state index in [-0.39, 0.29) is 0 Å². The van der Waals surface area contributed by atoms with E-state index in [1.54, 1.807) is 0 Å². The van der Waals surface area contributed by atoms with Crippen molar-refractivity contribution in [1.29, 1.82) is 0 Å². The zero-order valence-corrected chi connectivity index (χ0v) is 10.5. The van der Waals surface area contributed by atoms with Gasteiger partial charge in [0.05, 0.1) is 0 Å². The Morgan fingerprint density at radius 1 is 0.786 bits per heavy atom. The minimum Gasteiger partial charge on any atom is -0.295 e. The van der Waals surface area contributed by atoms with Gasteiger partial charge in [-0.25, -0.2) is 0 Å². The van der Waals surface area contributed by atoms with E-state index in [9.17, 15) is 0 Å². The molecule has 2 aliphatic rings. The Morgan fingerprint density at radius 2 is 1.21 bits per heavy atom. The first kappa shape index (κ1) is 10.4. The first-order chi connectivity index (χ1) is 6.21. The maximum atomic E-state index is 2.66. The molecule has 0 saturated carbocycles. The number of rotatable bonds is 0. The monoisotopic (exact) mass is 196 g/mol. The Labute approximate surface area is 88.3 Å². The zero-order valence-electron chi connectivity index (χ0n) is 10.5. The lowest BCUT2D eigenvalue weighted by molar-refractivity contribution is 0.114. The van der Waals surface area contributed by atoms with Crippen LogP contribution in [0.25, 0.3) is 0 Å². The van der Waals surface area contributed by atoms with Crippen LogP contribution in [0.15, 0.2) is 0 Å². The molecular formula is C12H24N2. The maximum absolute atomic E-state index is 2.66. The van der Waals surface area contributed by atoms with E-state index < -0.39 is 0 Å². The van der Waals surface area contributed by atoms with Crippen LogP contribution in [0.5, 0.6) is 0 Å². The summed E-state index contributed by atoms with van der Waals surface area (Å²) in [6, 6.07) is 1.68. The molecular weight excluding hydrogens is 172 g/mol. The molecule has 2 heterocycles. The van der Waals surface area contributed by atoms with Gasteiger partial charge >= 0.3 is 0 Å². The quantitative estimate of drug-likeness (QED) is 0.546. The van der Waals surface area contributed by atoms with E-state index in [2.05, 4.69) is 51.3 Å². The summed E-state index contributed by atoms with van der Waals surface area (Å²) in [4.78, 5) is 5.28. The molecule has 0 spiro atoms. The van der Waals surface area contributed by atoms with Crippen LogP contribution in [0.1, 0.15) is 41.5 Å². The van der Waals surface area contributed by atoms with Crippen molar-refractivity contribution < 1.29 is 0 Å². The molecule has 0 bridgehead atoms. The lowest BCUT2D eigenvalue weighted by atomic mass is 10.1. The summed E-state index contributed by atoms with van der Waals surface area (Å²) in [5, 5.41) is 0. The fraction of sp³-hybridized carbons (Fsp3) is 1.00. The van der Waals surface area contributed by atoms with Gasteiger partial charge in [0.2, 0.25) is 0 Å². The minimum atomic E-state index is 0.358. The number of fused-ring (bicyclic) bond motifs is 1. The molecule has 0 aromatic carbocycles. The summed E-state index contributed by atoms with van der Waals surface area (Å²) in [7, 11) is 0. The van der Waals surface area contributed by atoms with Gasteiger partial charge in [0.25, 0.3) is 0 Å². The average molecular weight is 196 g/mol. The van der Waals surface area contributed by atoms with E-state index in [0.29, 0.717) is 11.1 Å². The third kappa shape index (κ3) is 1.59. The summed E-state index contributed by atoms with van der Waals surface area (Å²) in [5.74, 6) is 0. The van der Waals surface area contributed by atoms with Crippen molar-refractivity contribution in [3.63, 3.8) is 0 Å². The fourth-order valence-electron chi connectivity index (χ4n) is 2.82. The Kier molecular flexibility index (Phi) is 2.04. The van der Waals surface area contributed by atoms with Crippen LogP contribution in [0.4, 0.5) is 0 Å². The summed E-state index contributed by atoms with van der Waals surface area (Å²) in [6.07, 6.45) is 0. The van der Waals surface area contributed by atoms with Crippen molar-refractivity contribution in [3.05, 3.63) is 0 Å². The molecule has 0 aromatic rings. The standard InChI is InChI=1S/C12H24N2/c1-11(2,3)13-7-9-10(8-13)14(9)12(4,5)6/h9-10H,7-8H2,1-6H3/t9-,10+,14?. The highest BCUT2D eigenvalue weighted by Crippen LogP contribution is 2.43. The Morgan fingerprint density at radius 3 is 1.50 bits per heavy atom. The molecule has 2 heteroatoms. The fourth-order valence-corrected chi connectivity index (χ4v) is 2.82. The minimum absolute atomic E-state index is 0.358.